The Balaban J connectivity index is 2.25. The fraction of sp³-hybridized carbons (Fsp3) is 0.273. The maximum atomic E-state index is 12.3. The van der Waals surface area contributed by atoms with Crippen LogP contribution in [0.2, 0.25) is 0 Å². The minimum absolute atomic E-state index is 0.00278. The second kappa shape index (κ2) is 5.69. The van der Waals surface area contributed by atoms with Gasteiger partial charge in [0.15, 0.2) is 5.03 Å². The van der Waals surface area contributed by atoms with Crippen LogP contribution >= 0.6 is 0 Å². The Labute approximate surface area is 110 Å². The molecule has 2 heterocycles. The first kappa shape index (κ1) is 13.3. The summed E-state index contributed by atoms with van der Waals surface area (Å²) in [7, 11) is -3.70. The molecule has 7 nitrogen and oxygen atoms in total. The number of H-pyrrole nitrogens is 1. The third kappa shape index (κ3) is 3.01. The number of hydrogen-bond acceptors (Lipinski definition) is 5. The first-order valence-electron chi connectivity index (χ1n) is 5.52. The Bertz CT molecular complexity index is 641. The first-order valence-corrected chi connectivity index (χ1v) is 6.96. The largest absolute Gasteiger partial charge is 0.468 e. The summed E-state index contributed by atoms with van der Waals surface area (Å²) in [6.07, 6.45) is 4.10. The van der Waals surface area contributed by atoms with Gasteiger partial charge in [0.2, 0.25) is 0 Å². The van der Waals surface area contributed by atoms with E-state index in [2.05, 4.69) is 9.97 Å². The number of nitrogens with one attached hydrogen (secondary N) is 1. The predicted molar refractivity (Wildman–Crippen MR) is 65.1 cm³/mol. The van der Waals surface area contributed by atoms with E-state index in [4.69, 9.17) is 9.68 Å². The van der Waals surface area contributed by atoms with Crippen LogP contribution in [0.3, 0.4) is 0 Å². The molecule has 0 bridgehead atoms. The van der Waals surface area contributed by atoms with E-state index in [1.165, 1.54) is 23.1 Å². The molecule has 0 aliphatic carbocycles. The van der Waals surface area contributed by atoms with Crippen LogP contribution in [0.4, 0.5) is 0 Å². The van der Waals surface area contributed by atoms with Gasteiger partial charge in [-0.15, -0.1) is 0 Å². The summed E-state index contributed by atoms with van der Waals surface area (Å²) in [6.45, 7) is 0.175. The van der Waals surface area contributed by atoms with Crippen LogP contribution in [-0.2, 0) is 16.6 Å². The quantitative estimate of drug-likeness (QED) is 0.853. The molecule has 2 aromatic heterocycles. The topological polar surface area (TPSA) is 103 Å². The van der Waals surface area contributed by atoms with Gasteiger partial charge in [-0.3, -0.25) is 0 Å². The van der Waals surface area contributed by atoms with E-state index in [1.807, 2.05) is 6.07 Å². The molecule has 2 aromatic rings. The number of rotatable bonds is 6. The van der Waals surface area contributed by atoms with E-state index in [-0.39, 0.29) is 24.5 Å². The lowest BCUT2D eigenvalue weighted by molar-refractivity contribution is 0.367. The summed E-state index contributed by atoms with van der Waals surface area (Å²) in [6, 6.07) is 5.30. The molecule has 0 unspecified atom stereocenters. The summed E-state index contributed by atoms with van der Waals surface area (Å²) in [5.74, 6) is 0.515. The Kier molecular flexibility index (Phi) is 3.99. The number of furan rings is 1. The molecular formula is C11H12N4O3S. The van der Waals surface area contributed by atoms with Crippen LogP contribution in [0.1, 0.15) is 12.2 Å². The molecule has 0 atom stereocenters. The Hall–Kier alpha value is -2.11. The fourth-order valence-electron chi connectivity index (χ4n) is 1.56. The number of aromatic amines is 1. The van der Waals surface area contributed by atoms with Crippen molar-refractivity contribution in [2.45, 2.75) is 18.0 Å². The summed E-state index contributed by atoms with van der Waals surface area (Å²) in [5.41, 5.74) is 0. The van der Waals surface area contributed by atoms with Gasteiger partial charge in [-0.1, -0.05) is 0 Å². The van der Waals surface area contributed by atoms with E-state index >= 15 is 0 Å². The van der Waals surface area contributed by atoms with Crippen molar-refractivity contribution in [3.8, 4) is 6.07 Å². The van der Waals surface area contributed by atoms with Crippen molar-refractivity contribution in [3.63, 3.8) is 0 Å². The smallest absolute Gasteiger partial charge is 0.260 e. The highest BCUT2D eigenvalue weighted by Gasteiger charge is 2.26. The third-order valence-corrected chi connectivity index (χ3v) is 4.25. The molecule has 19 heavy (non-hydrogen) atoms. The van der Waals surface area contributed by atoms with Crippen LogP contribution in [-0.4, -0.2) is 29.2 Å². The Morgan fingerprint density at radius 2 is 2.37 bits per heavy atom. The Morgan fingerprint density at radius 3 is 2.95 bits per heavy atom. The van der Waals surface area contributed by atoms with Crippen LogP contribution in [0, 0.1) is 11.3 Å². The van der Waals surface area contributed by atoms with Gasteiger partial charge < -0.3 is 9.40 Å². The minimum atomic E-state index is -3.70. The number of nitrogens with zero attached hydrogens (tertiary/aromatic N) is 3. The van der Waals surface area contributed by atoms with Crippen molar-refractivity contribution in [2.24, 2.45) is 0 Å². The SMILES string of the molecule is N#CCCN(Cc1ccco1)S(=O)(=O)c1cnc[nH]1. The molecule has 0 fully saturated rings. The molecule has 0 radical (unpaired) electrons. The molecule has 100 valence electrons. The summed E-state index contributed by atoms with van der Waals surface area (Å²) in [4.78, 5) is 6.26. The lowest BCUT2D eigenvalue weighted by Gasteiger charge is -2.18. The molecule has 0 saturated carbocycles. The molecule has 0 amide bonds. The van der Waals surface area contributed by atoms with E-state index in [0.29, 0.717) is 5.76 Å². The van der Waals surface area contributed by atoms with Gasteiger partial charge in [-0.2, -0.15) is 9.57 Å². The second-order valence-electron chi connectivity index (χ2n) is 3.74. The zero-order valence-corrected chi connectivity index (χ0v) is 10.8. The number of aromatic nitrogens is 2. The zero-order chi connectivity index (χ0) is 13.7. The second-order valence-corrected chi connectivity index (χ2v) is 5.65. The minimum Gasteiger partial charge on any atom is -0.468 e. The van der Waals surface area contributed by atoms with Crippen LogP contribution in [0.5, 0.6) is 0 Å². The van der Waals surface area contributed by atoms with Gasteiger partial charge in [0.1, 0.15) is 5.76 Å². The monoisotopic (exact) mass is 280 g/mol. The van der Waals surface area contributed by atoms with Crippen molar-refractivity contribution >= 4 is 10.0 Å². The fourth-order valence-corrected chi connectivity index (χ4v) is 2.86. The summed E-state index contributed by atoms with van der Waals surface area (Å²) in [5, 5.41) is 8.62. The highest BCUT2D eigenvalue weighted by atomic mass is 32.2. The van der Waals surface area contributed by atoms with Gasteiger partial charge >= 0.3 is 0 Å². The van der Waals surface area contributed by atoms with Crippen molar-refractivity contribution < 1.29 is 12.8 Å². The highest BCUT2D eigenvalue weighted by Crippen LogP contribution is 2.16. The predicted octanol–water partition coefficient (Wildman–Crippen LogP) is 1.11. The number of nitriles is 1. The molecule has 8 heteroatoms. The normalized spacial score (nSPS) is 11.6. The third-order valence-electron chi connectivity index (χ3n) is 2.48. The highest BCUT2D eigenvalue weighted by molar-refractivity contribution is 7.89. The van der Waals surface area contributed by atoms with E-state index < -0.39 is 10.0 Å². The average Bonchev–Trinajstić information content (AvgIpc) is 3.06. The standard InChI is InChI=1S/C11H12N4O3S/c12-4-2-5-15(8-10-3-1-6-18-10)19(16,17)11-7-13-9-14-11/h1,3,6-7,9H,2,5,8H2,(H,13,14). The van der Waals surface area contributed by atoms with Crippen molar-refractivity contribution in [1.29, 1.82) is 5.26 Å². The summed E-state index contributed by atoms with van der Waals surface area (Å²) < 4.78 is 31.0. The molecule has 0 aliphatic heterocycles. The van der Waals surface area contributed by atoms with Crippen molar-refractivity contribution in [2.75, 3.05) is 6.54 Å². The Morgan fingerprint density at radius 1 is 1.53 bits per heavy atom. The van der Waals surface area contributed by atoms with Gasteiger partial charge in [0, 0.05) is 13.0 Å². The molecule has 1 N–H and O–H groups in total. The molecular weight excluding hydrogens is 268 g/mol. The lowest BCUT2D eigenvalue weighted by Crippen LogP contribution is -2.31. The lowest BCUT2D eigenvalue weighted by atomic mass is 10.4. The zero-order valence-electron chi connectivity index (χ0n) is 9.98. The van der Waals surface area contributed by atoms with E-state index in [1.54, 1.807) is 12.1 Å². The molecule has 2 rings (SSSR count). The van der Waals surface area contributed by atoms with Crippen LogP contribution < -0.4 is 0 Å². The van der Waals surface area contributed by atoms with Crippen LogP contribution in [0.15, 0.2) is 40.4 Å². The first-order chi connectivity index (χ1) is 9.14. The maximum absolute atomic E-state index is 12.3. The number of imidazole rings is 1. The summed E-state index contributed by atoms with van der Waals surface area (Å²) >= 11 is 0. The van der Waals surface area contributed by atoms with Gasteiger partial charge in [0.25, 0.3) is 10.0 Å². The van der Waals surface area contributed by atoms with Crippen molar-refractivity contribution in [3.05, 3.63) is 36.7 Å². The van der Waals surface area contributed by atoms with Crippen molar-refractivity contribution in [1.82, 2.24) is 14.3 Å². The van der Waals surface area contributed by atoms with Crippen LogP contribution in [0.25, 0.3) is 0 Å². The molecule has 0 aromatic carbocycles. The molecule has 0 aliphatic rings. The van der Waals surface area contributed by atoms with Gasteiger partial charge in [-0.25, -0.2) is 13.4 Å². The molecule has 0 spiro atoms. The number of hydrogen-bond donors (Lipinski definition) is 1. The van der Waals surface area contributed by atoms with Gasteiger partial charge in [0.05, 0.1) is 31.4 Å². The van der Waals surface area contributed by atoms with E-state index in [0.717, 1.165) is 0 Å². The number of sulfonamides is 1. The van der Waals surface area contributed by atoms with Gasteiger partial charge in [-0.05, 0) is 12.1 Å². The average molecular weight is 280 g/mol. The van der Waals surface area contributed by atoms with E-state index in [9.17, 15) is 8.42 Å². The molecule has 0 saturated heterocycles. The maximum Gasteiger partial charge on any atom is 0.260 e.